The first-order valence-electron chi connectivity index (χ1n) is 8.73. The van der Waals surface area contributed by atoms with Crippen molar-refractivity contribution in [2.24, 2.45) is 0 Å². The number of sulfonamides is 1. The number of fused-ring (bicyclic) bond motifs is 1. The van der Waals surface area contributed by atoms with Gasteiger partial charge in [-0.3, -0.25) is 9.10 Å². The van der Waals surface area contributed by atoms with Crippen LogP contribution in [0.1, 0.15) is 32.6 Å². The summed E-state index contributed by atoms with van der Waals surface area (Å²) in [5.41, 5.74) is 1.72. The molecule has 0 fully saturated rings. The fourth-order valence-corrected chi connectivity index (χ4v) is 4.26. The van der Waals surface area contributed by atoms with Crippen LogP contribution in [-0.4, -0.2) is 39.3 Å². The maximum atomic E-state index is 12.5. The number of nitrogens with one attached hydrogen (secondary N) is 1. The first-order valence-corrected chi connectivity index (χ1v) is 10.3. The minimum atomic E-state index is -3.47. The van der Waals surface area contributed by atoms with Crippen molar-refractivity contribution in [3.05, 3.63) is 35.9 Å². The van der Waals surface area contributed by atoms with Crippen LogP contribution >= 0.6 is 0 Å². The van der Waals surface area contributed by atoms with Crippen molar-refractivity contribution in [3.8, 4) is 5.75 Å². The topological polar surface area (TPSA) is 75.7 Å². The maximum absolute atomic E-state index is 12.5. The number of carbonyl (C=O) groups is 1. The molecule has 1 aromatic carbocycles. The summed E-state index contributed by atoms with van der Waals surface area (Å²) in [6.45, 7) is 2.09. The summed E-state index contributed by atoms with van der Waals surface area (Å²) >= 11 is 0. The van der Waals surface area contributed by atoms with Crippen LogP contribution in [0.4, 0.5) is 5.69 Å². The zero-order valence-corrected chi connectivity index (χ0v) is 15.2. The second-order valence-corrected chi connectivity index (χ2v) is 8.51. The largest absolute Gasteiger partial charge is 0.476 e. The van der Waals surface area contributed by atoms with E-state index in [4.69, 9.17) is 4.74 Å². The molecule has 1 atom stereocenters. The van der Waals surface area contributed by atoms with Gasteiger partial charge in [0.15, 0.2) is 6.10 Å². The quantitative estimate of drug-likeness (QED) is 0.813. The van der Waals surface area contributed by atoms with Crippen LogP contribution < -0.4 is 14.4 Å². The highest BCUT2D eigenvalue weighted by molar-refractivity contribution is 7.92. The number of allylic oxidation sites excluding steroid dienone is 1. The molecule has 0 saturated heterocycles. The van der Waals surface area contributed by atoms with Crippen LogP contribution in [-0.2, 0) is 14.8 Å². The van der Waals surface area contributed by atoms with Crippen LogP contribution in [0, 0.1) is 0 Å². The SMILES string of the molecule is CCS(=O)(=O)N1C[C@@H](C(=O)NCC2=CCCCC2)Oc2ccccc21. The number of carbonyl (C=O) groups excluding carboxylic acids is 1. The number of ether oxygens (including phenoxy) is 1. The summed E-state index contributed by atoms with van der Waals surface area (Å²) in [4.78, 5) is 12.5. The standard InChI is InChI=1S/C18H24N2O4S/c1-2-25(22,23)20-13-17(24-16-11-7-6-10-15(16)20)18(21)19-12-14-8-4-3-5-9-14/h6-8,10-11,17H,2-5,9,12-13H2,1H3,(H,19,21)/t17-/m0/s1. The van der Waals surface area contributed by atoms with Crippen LogP contribution in [0.2, 0.25) is 0 Å². The lowest BCUT2D eigenvalue weighted by atomic mass is 10.00. The predicted molar refractivity (Wildman–Crippen MR) is 97.2 cm³/mol. The Balaban J connectivity index is 1.75. The summed E-state index contributed by atoms with van der Waals surface area (Å²) in [6.07, 6.45) is 5.74. The van der Waals surface area contributed by atoms with Gasteiger partial charge in [0.25, 0.3) is 5.91 Å². The molecule has 0 spiro atoms. The summed E-state index contributed by atoms with van der Waals surface area (Å²) in [5, 5.41) is 2.89. The van der Waals surface area contributed by atoms with Crippen molar-refractivity contribution in [1.29, 1.82) is 0 Å². The second-order valence-electron chi connectivity index (χ2n) is 6.33. The average molecular weight is 364 g/mol. The first kappa shape index (κ1) is 17.8. The third-order valence-electron chi connectivity index (χ3n) is 4.60. The Bertz CT molecular complexity index is 773. The zero-order valence-electron chi connectivity index (χ0n) is 14.4. The van der Waals surface area contributed by atoms with Gasteiger partial charge in [-0.1, -0.05) is 23.8 Å². The van der Waals surface area contributed by atoms with Gasteiger partial charge < -0.3 is 10.1 Å². The first-order chi connectivity index (χ1) is 12.0. The number of rotatable bonds is 5. The molecular formula is C18H24N2O4S. The minimum absolute atomic E-state index is 0.00192. The van der Waals surface area contributed by atoms with Gasteiger partial charge in [-0.25, -0.2) is 8.42 Å². The Morgan fingerprint density at radius 2 is 2.12 bits per heavy atom. The van der Waals surface area contributed by atoms with Gasteiger partial charge in [-0.15, -0.1) is 0 Å². The molecule has 7 heteroatoms. The number of amides is 1. The Kier molecular flexibility index (Phi) is 5.32. The van der Waals surface area contributed by atoms with Gasteiger partial charge in [0.1, 0.15) is 5.75 Å². The number of hydrogen-bond acceptors (Lipinski definition) is 4. The van der Waals surface area contributed by atoms with Gasteiger partial charge in [-0.05, 0) is 44.7 Å². The third kappa shape index (κ3) is 3.98. The smallest absolute Gasteiger partial charge is 0.263 e. The Morgan fingerprint density at radius 1 is 1.32 bits per heavy atom. The van der Waals surface area contributed by atoms with Gasteiger partial charge in [0.2, 0.25) is 10.0 Å². The van der Waals surface area contributed by atoms with E-state index in [1.54, 1.807) is 31.2 Å². The molecule has 1 aromatic rings. The van der Waals surface area contributed by atoms with E-state index in [1.807, 2.05) is 0 Å². The van der Waals surface area contributed by atoms with Crippen molar-refractivity contribution in [3.63, 3.8) is 0 Å². The van der Waals surface area contributed by atoms with E-state index in [0.29, 0.717) is 18.0 Å². The fourth-order valence-electron chi connectivity index (χ4n) is 3.14. The molecule has 0 radical (unpaired) electrons. The number of nitrogens with zero attached hydrogens (tertiary/aromatic N) is 1. The Morgan fingerprint density at radius 3 is 2.84 bits per heavy atom. The van der Waals surface area contributed by atoms with E-state index in [2.05, 4.69) is 11.4 Å². The predicted octanol–water partition coefficient (Wildman–Crippen LogP) is 2.22. The van der Waals surface area contributed by atoms with E-state index in [0.717, 1.165) is 19.3 Å². The van der Waals surface area contributed by atoms with E-state index >= 15 is 0 Å². The highest BCUT2D eigenvalue weighted by atomic mass is 32.2. The highest BCUT2D eigenvalue weighted by Gasteiger charge is 2.35. The molecule has 0 aromatic heterocycles. The molecule has 136 valence electrons. The molecule has 1 amide bonds. The normalized spacial score (nSPS) is 20.3. The monoisotopic (exact) mass is 364 g/mol. The second kappa shape index (κ2) is 7.47. The molecule has 0 unspecified atom stereocenters. The number of anilines is 1. The molecule has 1 aliphatic heterocycles. The maximum Gasteiger partial charge on any atom is 0.263 e. The number of hydrogen-bond donors (Lipinski definition) is 1. The van der Waals surface area contributed by atoms with Gasteiger partial charge >= 0.3 is 0 Å². The number of benzene rings is 1. The van der Waals surface area contributed by atoms with Crippen LogP contribution in [0.5, 0.6) is 5.75 Å². The van der Waals surface area contributed by atoms with Gasteiger partial charge in [-0.2, -0.15) is 0 Å². The summed E-state index contributed by atoms with van der Waals surface area (Å²) in [5.74, 6) is 0.114. The van der Waals surface area contributed by atoms with Crippen molar-refractivity contribution in [2.45, 2.75) is 38.7 Å². The van der Waals surface area contributed by atoms with Crippen LogP contribution in [0.15, 0.2) is 35.9 Å². The molecule has 3 rings (SSSR count). The molecule has 25 heavy (non-hydrogen) atoms. The molecule has 6 nitrogen and oxygen atoms in total. The number of para-hydroxylation sites is 2. The van der Waals surface area contributed by atoms with Crippen molar-refractivity contribution in [2.75, 3.05) is 23.1 Å². The van der Waals surface area contributed by atoms with E-state index in [1.165, 1.54) is 16.3 Å². The molecule has 0 bridgehead atoms. The van der Waals surface area contributed by atoms with Crippen molar-refractivity contribution < 1.29 is 17.9 Å². The lowest BCUT2D eigenvalue weighted by molar-refractivity contribution is -0.127. The minimum Gasteiger partial charge on any atom is -0.476 e. The van der Waals surface area contributed by atoms with Gasteiger partial charge in [0.05, 0.1) is 18.0 Å². The molecule has 1 heterocycles. The van der Waals surface area contributed by atoms with E-state index in [9.17, 15) is 13.2 Å². The van der Waals surface area contributed by atoms with Crippen molar-refractivity contribution in [1.82, 2.24) is 5.32 Å². The third-order valence-corrected chi connectivity index (χ3v) is 6.35. The Hall–Kier alpha value is -2.02. The molecular weight excluding hydrogens is 340 g/mol. The van der Waals surface area contributed by atoms with E-state index in [-0.39, 0.29) is 18.2 Å². The summed E-state index contributed by atoms with van der Waals surface area (Å²) < 4.78 is 31.9. The van der Waals surface area contributed by atoms with Crippen LogP contribution in [0.3, 0.4) is 0 Å². The molecule has 2 aliphatic rings. The highest BCUT2D eigenvalue weighted by Crippen LogP contribution is 2.35. The lowest BCUT2D eigenvalue weighted by Gasteiger charge is -2.34. The summed E-state index contributed by atoms with van der Waals surface area (Å²) in [6, 6.07) is 6.92. The zero-order chi connectivity index (χ0) is 17.9. The molecule has 0 saturated carbocycles. The van der Waals surface area contributed by atoms with Crippen molar-refractivity contribution >= 4 is 21.6 Å². The fraction of sp³-hybridized carbons (Fsp3) is 0.500. The summed E-state index contributed by atoms with van der Waals surface area (Å²) in [7, 11) is -3.47. The molecule has 1 aliphatic carbocycles. The van der Waals surface area contributed by atoms with E-state index < -0.39 is 16.1 Å². The molecule has 1 N–H and O–H groups in total. The van der Waals surface area contributed by atoms with Gasteiger partial charge in [0, 0.05) is 6.54 Å². The average Bonchev–Trinajstić information content (AvgIpc) is 2.66. The Labute approximate surface area is 148 Å². The lowest BCUT2D eigenvalue weighted by Crippen LogP contribution is -2.51. The van der Waals surface area contributed by atoms with Crippen LogP contribution in [0.25, 0.3) is 0 Å².